The molecule has 134 valence electrons. The molecule has 0 fully saturated rings. The van der Waals surface area contributed by atoms with Gasteiger partial charge < -0.3 is 4.74 Å². The lowest BCUT2D eigenvalue weighted by Crippen LogP contribution is -1.92. The van der Waals surface area contributed by atoms with Crippen LogP contribution < -0.4 is 4.74 Å². The molecule has 3 rings (SSSR count). The first-order valence-electron chi connectivity index (χ1n) is 7.68. The first kappa shape index (κ1) is 18.6. The zero-order valence-electron chi connectivity index (χ0n) is 14.0. The van der Waals surface area contributed by atoms with E-state index in [4.69, 9.17) is 16.3 Å². The fourth-order valence-corrected chi connectivity index (χ4v) is 3.32. The number of ether oxygens (including phenoxy) is 1. The summed E-state index contributed by atoms with van der Waals surface area (Å²) >= 11 is 7.22. The number of nitro benzene ring substituents is 1. The Kier molecular flexibility index (Phi) is 5.50. The molecule has 27 heavy (non-hydrogen) atoms. The molecule has 0 atom stereocenters. The van der Waals surface area contributed by atoms with Crippen molar-refractivity contribution in [2.24, 2.45) is 0 Å². The molecule has 0 aliphatic rings. The largest absolute Gasteiger partial charge is 0.496 e. The number of non-ortho nitro benzene ring substituents is 1. The van der Waals surface area contributed by atoms with E-state index in [2.05, 4.69) is 11.1 Å². The Morgan fingerprint density at radius 1 is 1.33 bits per heavy atom. The lowest BCUT2D eigenvalue weighted by molar-refractivity contribution is -0.384. The number of nitriles is 1. The third-order valence-electron chi connectivity index (χ3n) is 3.72. The third-order valence-corrected chi connectivity index (χ3v) is 4.85. The number of benzene rings is 2. The molecule has 0 saturated carbocycles. The van der Waals surface area contributed by atoms with Gasteiger partial charge >= 0.3 is 0 Å². The molecule has 1 aromatic heterocycles. The maximum absolute atomic E-state index is 11.0. The Balaban J connectivity index is 2.01. The molecule has 0 bridgehead atoms. The van der Waals surface area contributed by atoms with Gasteiger partial charge in [-0.05, 0) is 24.3 Å². The van der Waals surface area contributed by atoms with Crippen LogP contribution in [0.3, 0.4) is 0 Å². The predicted molar refractivity (Wildman–Crippen MR) is 106 cm³/mol. The van der Waals surface area contributed by atoms with E-state index in [0.717, 1.165) is 11.3 Å². The summed E-state index contributed by atoms with van der Waals surface area (Å²) in [5.74, 6) is 0.433. The summed E-state index contributed by atoms with van der Waals surface area (Å²) in [6, 6.07) is 13.6. The normalized spacial score (nSPS) is 11.1. The second-order valence-electron chi connectivity index (χ2n) is 5.40. The molecule has 0 amide bonds. The predicted octanol–water partition coefficient (Wildman–Crippen LogP) is 5.44. The van der Waals surface area contributed by atoms with E-state index >= 15 is 0 Å². The minimum absolute atomic E-state index is 0.0830. The van der Waals surface area contributed by atoms with Crippen LogP contribution in [0.25, 0.3) is 22.9 Å². The van der Waals surface area contributed by atoms with Gasteiger partial charge in [0.05, 0.1) is 23.3 Å². The molecular formula is C19H12ClN3O3S. The molecule has 3 aromatic rings. The van der Waals surface area contributed by atoms with Gasteiger partial charge in [-0.2, -0.15) is 5.26 Å². The monoisotopic (exact) mass is 397 g/mol. The van der Waals surface area contributed by atoms with Crippen molar-refractivity contribution in [3.63, 3.8) is 0 Å². The van der Waals surface area contributed by atoms with Crippen LogP contribution in [-0.4, -0.2) is 17.0 Å². The zero-order chi connectivity index (χ0) is 19.4. The van der Waals surface area contributed by atoms with Gasteiger partial charge in [-0.1, -0.05) is 23.7 Å². The summed E-state index contributed by atoms with van der Waals surface area (Å²) in [4.78, 5) is 15.0. The summed E-state index contributed by atoms with van der Waals surface area (Å²) in [7, 11) is 1.46. The second-order valence-corrected chi connectivity index (χ2v) is 6.69. The minimum atomic E-state index is -0.495. The number of nitro groups is 1. The molecule has 1 heterocycles. The van der Waals surface area contributed by atoms with Crippen LogP contribution in [0, 0.1) is 21.4 Å². The fraction of sp³-hybridized carbons (Fsp3) is 0.0526. The van der Waals surface area contributed by atoms with Crippen LogP contribution in [-0.2, 0) is 0 Å². The lowest BCUT2D eigenvalue weighted by Gasteiger charge is -2.05. The van der Waals surface area contributed by atoms with Crippen molar-refractivity contribution in [2.75, 3.05) is 7.11 Å². The second kappa shape index (κ2) is 7.99. The fourth-order valence-electron chi connectivity index (χ4n) is 2.40. The highest BCUT2D eigenvalue weighted by molar-refractivity contribution is 7.11. The number of methoxy groups -OCH3 is 1. The van der Waals surface area contributed by atoms with E-state index in [0.29, 0.717) is 26.9 Å². The maximum atomic E-state index is 11.0. The summed E-state index contributed by atoms with van der Waals surface area (Å²) in [5.41, 5.74) is 2.25. The topological polar surface area (TPSA) is 89.0 Å². The smallest absolute Gasteiger partial charge is 0.270 e. The van der Waals surface area contributed by atoms with Crippen molar-refractivity contribution >= 4 is 40.3 Å². The average Bonchev–Trinajstić information content (AvgIpc) is 3.16. The van der Waals surface area contributed by atoms with Gasteiger partial charge in [-0.25, -0.2) is 4.98 Å². The maximum Gasteiger partial charge on any atom is 0.270 e. The number of nitrogens with zero attached hydrogens (tertiary/aromatic N) is 3. The van der Waals surface area contributed by atoms with Crippen LogP contribution in [0.4, 0.5) is 5.69 Å². The number of rotatable bonds is 5. The highest BCUT2D eigenvalue weighted by Crippen LogP contribution is 2.31. The number of halogens is 1. The molecular weight excluding hydrogens is 386 g/mol. The first-order valence-corrected chi connectivity index (χ1v) is 8.93. The van der Waals surface area contributed by atoms with Crippen molar-refractivity contribution < 1.29 is 9.66 Å². The van der Waals surface area contributed by atoms with Crippen LogP contribution in [0.5, 0.6) is 5.75 Å². The molecule has 8 heteroatoms. The van der Waals surface area contributed by atoms with E-state index in [-0.39, 0.29) is 5.69 Å². The molecule has 0 aliphatic heterocycles. The van der Waals surface area contributed by atoms with Crippen LogP contribution in [0.15, 0.2) is 47.8 Å². The molecule has 0 spiro atoms. The highest BCUT2D eigenvalue weighted by Gasteiger charge is 2.14. The SMILES string of the molecule is COc1ccc([N+](=O)[O-])cc1/C=C(\C#N)c1nc(-c2ccc(Cl)cc2)cs1. The van der Waals surface area contributed by atoms with Crippen LogP contribution >= 0.6 is 22.9 Å². The molecule has 0 radical (unpaired) electrons. The van der Waals surface area contributed by atoms with Crippen LogP contribution in [0.1, 0.15) is 10.6 Å². The summed E-state index contributed by atoms with van der Waals surface area (Å²) < 4.78 is 5.24. The van der Waals surface area contributed by atoms with Gasteiger partial charge in [-0.3, -0.25) is 10.1 Å². The minimum Gasteiger partial charge on any atom is -0.496 e. The molecule has 6 nitrogen and oxygen atoms in total. The van der Waals surface area contributed by atoms with Crippen molar-refractivity contribution in [1.29, 1.82) is 5.26 Å². The van der Waals surface area contributed by atoms with E-state index in [1.807, 2.05) is 17.5 Å². The molecule has 0 unspecified atom stereocenters. The van der Waals surface area contributed by atoms with Gasteiger partial charge in [-0.15, -0.1) is 11.3 Å². The zero-order valence-corrected chi connectivity index (χ0v) is 15.6. The Hall–Kier alpha value is -3.21. The Morgan fingerprint density at radius 3 is 2.70 bits per heavy atom. The van der Waals surface area contributed by atoms with Gasteiger partial charge in [0.15, 0.2) is 0 Å². The first-order chi connectivity index (χ1) is 13.0. The summed E-state index contributed by atoms with van der Waals surface area (Å²) in [5, 5.41) is 23.6. The van der Waals surface area contributed by atoms with Gasteiger partial charge in [0.1, 0.15) is 16.8 Å². The number of aromatic nitrogens is 1. The highest BCUT2D eigenvalue weighted by atomic mass is 35.5. The van der Waals surface area contributed by atoms with E-state index in [9.17, 15) is 15.4 Å². The van der Waals surface area contributed by atoms with Crippen molar-refractivity contribution in [1.82, 2.24) is 4.98 Å². The summed E-state index contributed by atoms with van der Waals surface area (Å²) in [6.07, 6.45) is 1.54. The standard InChI is InChI=1S/C19H12ClN3O3S/c1-26-18-7-6-16(23(24)25)9-13(18)8-14(10-21)19-22-17(11-27-19)12-2-4-15(20)5-3-12/h2-9,11H,1H3/b14-8+. The summed E-state index contributed by atoms with van der Waals surface area (Å²) in [6.45, 7) is 0. The number of thiazole rings is 1. The average molecular weight is 398 g/mol. The van der Waals surface area contributed by atoms with Crippen molar-refractivity contribution in [3.05, 3.63) is 73.6 Å². The number of allylic oxidation sites excluding steroid dienone is 1. The van der Waals surface area contributed by atoms with Gasteiger partial charge in [0.2, 0.25) is 0 Å². The van der Waals surface area contributed by atoms with Crippen LogP contribution in [0.2, 0.25) is 5.02 Å². The molecule has 0 aliphatic carbocycles. The van der Waals surface area contributed by atoms with E-state index in [1.165, 1.54) is 42.7 Å². The van der Waals surface area contributed by atoms with Gasteiger partial charge in [0.25, 0.3) is 5.69 Å². The number of hydrogen-bond acceptors (Lipinski definition) is 6. The molecule has 0 N–H and O–H groups in total. The van der Waals surface area contributed by atoms with E-state index < -0.39 is 4.92 Å². The quantitative estimate of drug-likeness (QED) is 0.324. The van der Waals surface area contributed by atoms with E-state index in [1.54, 1.807) is 12.1 Å². The molecule has 0 saturated heterocycles. The lowest BCUT2D eigenvalue weighted by atomic mass is 10.1. The number of hydrogen-bond donors (Lipinski definition) is 0. The Bertz CT molecular complexity index is 1070. The van der Waals surface area contributed by atoms with Crippen molar-refractivity contribution in [3.8, 4) is 23.1 Å². The van der Waals surface area contributed by atoms with Gasteiger partial charge in [0, 0.05) is 33.7 Å². The Morgan fingerprint density at radius 2 is 2.07 bits per heavy atom. The Labute approximate surface area is 164 Å². The van der Waals surface area contributed by atoms with Crippen molar-refractivity contribution in [2.45, 2.75) is 0 Å². The third kappa shape index (κ3) is 4.14. The molecule has 2 aromatic carbocycles.